The first-order valence-corrected chi connectivity index (χ1v) is 13.0. The minimum absolute atomic E-state index is 0.163. The molecule has 174 valence electrons. The molecule has 2 unspecified atom stereocenters. The number of benzene rings is 2. The van der Waals surface area contributed by atoms with Gasteiger partial charge in [-0.15, -0.1) is 0 Å². The van der Waals surface area contributed by atoms with Gasteiger partial charge in [0.15, 0.2) is 0 Å². The van der Waals surface area contributed by atoms with E-state index in [0.717, 1.165) is 36.3 Å². The van der Waals surface area contributed by atoms with E-state index >= 15 is 0 Å². The Bertz CT molecular complexity index is 1190. The van der Waals surface area contributed by atoms with Gasteiger partial charge in [0.2, 0.25) is 5.95 Å². The van der Waals surface area contributed by atoms with E-state index in [1.165, 1.54) is 6.26 Å². The van der Waals surface area contributed by atoms with Crippen LogP contribution in [-0.4, -0.2) is 46.3 Å². The molecule has 1 aliphatic rings. The van der Waals surface area contributed by atoms with E-state index in [4.69, 9.17) is 19.2 Å². The molecule has 0 saturated carbocycles. The molecule has 4 rings (SSSR count). The molecule has 1 fully saturated rings. The first kappa shape index (κ1) is 23.0. The fourth-order valence-electron chi connectivity index (χ4n) is 3.65. The number of ether oxygens (including phenoxy) is 2. The van der Waals surface area contributed by atoms with Gasteiger partial charge >= 0.3 is 0 Å². The monoisotopic (exact) mass is 467 g/mol. The van der Waals surface area contributed by atoms with Gasteiger partial charge in [0.05, 0.1) is 22.4 Å². The molecule has 1 aliphatic heterocycles. The van der Waals surface area contributed by atoms with Gasteiger partial charge in [-0.05, 0) is 55.7 Å². The average Bonchev–Trinajstić information content (AvgIpc) is 3.32. The molecular weight excluding hydrogens is 438 g/mol. The third-order valence-corrected chi connectivity index (χ3v) is 6.48. The Kier molecular flexibility index (Phi) is 7.10. The largest absolute Gasteiger partial charge is 0.494 e. The summed E-state index contributed by atoms with van der Waals surface area (Å²) >= 11 is 0. The summed E-state index contributed by atoms with van der Waals surface area (Å²) in [6.45, 7) is 4.03. The molecule has 0 bridgehead atoms. The summed E-state index contributed by atoms with van der Waals surface area (Å²) in [6, 6.07) is 14.8. The minimum Gasteiger partial charge on any atom is -0.494 e. The molecule has 0 radical (unpaired) electrons. The van der Waals surface area contributed by atoms with Crippen LogP contribution in [0.15, 0.2) is 59.6 Å². The van der Waals surface area contributed by atoms with Gasteiger partial charge in [0.1, 0.15) is 11.6 Å². The van der Waals surface area contributed by atoms with E-state index in [2.05, 4.69) is 15.6 Å². The molecular formula is C24H29N5O3S. The van der Waals surface area contributed by atoms with Crippen LogP contribution < -0.4 is 15.4 Å². The zero-order valence-electron chi connectivity index (χ0n) is 18.8. The Balaban J connectivity index is 1.61. The lowest BCUT2D eigenvalue weighted by Gasteiger charge is -2.16. The second-order valence-corrected chi connectivity index (χ2v) is 10.1. The van der Waals surface area contributed by atoms with E-state index < -0.39 is 9.73 Å². The molecule has 0 spiro atoms. The molecule has 0 aliphatic carbocycles. The molecule has 2 aromatic carbocycles. The van der Waals surface area contributed by atoms with Crippen LogP contribution >= 0.6 is 0 Å². The maximum atomic E-state index is 12.1. The molecule has 2 atom stereocenters. The molecule has 1 saturated heterocycles. The molecule has 0 amide bonds. The zero-order valence-corrected chi connectivity index (χ0v) is 19.7. The van der Waals surface area contributed by atoms with E-state index in [0.29, 0.717) is 35.5 Å². The minimum atomic E-state index is -2.81. The number of aromatic nitrogens is 2. The van der Waals surface area contributed by atoms with Crippen molar-refractivity contribution < 1.29 is 13.7 Å². The Hall–Kier alpha value is -3.17. The summed E-state index contributed by atoms with van der Waals surface area (Å²) in [4.78, 5) is 9.67. The molecule has 3 aromatic rings. The molecule has 8 nitrogen and oxygen atoms in total. The predicted molar refractivity (Wildman–Crippen MR) is 131 cm³/mol. The number of hydrogen-bond acceptors (Lipinski definition) is 8. The highest BCUT2D eigenvalue weighted by Crippen LogP contribution is 2.30. The number of hydrogen-bond donors (Lipinski definition) is 3. The summed E-state index contributed by atoms with van der Waals surface area (Å²) in [7, 11) is -2.81. The summed E-state index contributed by atoms with van der Waals surface area (Å²) < 4.78 is 31.2. The van der Waals surface area contributed by atoms with Crippen molar-refractivity contribution in [3.05, 3.63) is 54.7 Å². The van der Waals surface area contributed by atoms with Gasteiger partial charge in [-0.2, -0.15) is 4.98 Å². The zero-order chi connectivity index (χ0) is 23.3. The number of rotatable bonds is 9. The molecule has 2 heterocycles. The molecule has 3 N–H and O–H groups in total. The SMILES string of the molecule is CCOc1ccc(-c2cnc(Nc3cccc(S(C)(=N)=O)c3)nc2NCC2CCCO2)cc1. The van der Waals surface area contributed by atoms with Crippen LogP contribution in [0.2, 0.25) is 0 Å². The lowest BCUT2D eigenvalue weighted by atomic mass is 10.1. The maximum absolute atomic E-state index is 12.1. The van der Waals surface area contributed by atoms with Gasteiger partial charge in [-0.1, -0.05) is 18.2 Å². The van der Waals surface area contributed by atoms with E-state index in [9.17, 15) is 4.21 Å². The fourth-order valence-corrected chi connectivity index (χ4v) is 4.34. The summed E-state index contributed by atoms with van der Waals surface area (Å²) in [5.41, 5.74) is 2.52. The van der Waals surface area contributed by atoms with Crippen molar-refractivity contribution in [2.24, 2.45) is 0 Å². The third-order valence-electron chi connectivity index (χ3n) is 5.33. The Morgan fingerprint density at radius 2 is 2.06 bits per heavy atom. The normalized spacial score (nSPS) is 17.3. The lowest BCUT2D eigenvalue weighted by molar-refractivity contribution is 0.120. The standard InChI is InChI=1S/C24H29N5O3S/c1-3-31-19-11-9-17(10-12-19)22-16-27-24(29-23(22)26-15-20-7-5-13-32-20)28-18-6-4-8-21(14-18)33(2,25)30/h4,6,8-12,14,16,20,25H,3,5,7,13,15H2,1-2H3,(H2,26,27,28,29). The van der Waals surface area contributed by atoms with Crippen LogP contribution in [-0.2, 0) is 14.5 Å². The second-order valence-electron chi connectivity index (χ2n) is 7.93. The quantitative estimate of drug-likeness (QED) is 0.410. The van der Waals surface area contributed by atoms with Crippen molar-refractivity contribution in [2.75, 3.05) is 36.6 Å². The summed E-state index contributed by atoms with van der Waals surface area (Å²) in [5.74, 6) is 1.92. The van der Waals surface area contributed by atoms with E-state index in [-0.39, 0.29) is 6.10 Å². The first-order valence-electron chi connectivity index (χ1n) is 11.0. The van der Waals surface area contributed by atoms with Crippen LogP contribution in [0.4, 0.5) is 17.5 Å². The van der Waals surface area contributed by atoms with Crippen LogP contribution in [0.3, 0.4) is 0 Å². The van der Waals surface area contributed by atoms with Crippen LogP contribution in [0.1, 0.15) is 19.8 Å². The summed E-state index contributed by atoms with van der Waals surface area (Å²) in [6.07, 6.45) is 5.44. The van der Waals surface area contributed by atoms with Gasteiger partial charge in [0.25, 0.3) is 0 Å². The average molecular weight is 468 g/mol. The second kappa shape index (κ2) is 10.2. The van der Waals surface area contributed by atoms with Crippen molar-refractivity contribution >= 4 is 27.2 Å². The van der Waals surface area contributed by atoms with Crippen molar-refractivity contribution in [1.82, 2.24) is 9.97 Å². The number of anilines is 3. The predicted octanol–water partition coefficient (Wildman–Crippen LogP) is 4.91. The highest BCUT2D eigenvalue weighted by molar-refractivity contribution is 7.91. The smallest absolute Gasteiger partial charge is 0.229 e. The van der Waals surface area contributed by atoms with Crippen molar-refractivity contribution in [3.8, 4) is 16.9 Å². The molecule has 9 heteroatoms. The Morgan fingerprint density at radius 1 is 1.24 bits per heavy atom. The maximum Gasteiger partial charge on any atom is 0.229 e. The van der Waals surface area contributed by atoms with Crippen LogP contribution in [0.5, 0.6) is 5.75 Å². The van der Waals surface area contributed by atoms with Gasteiger partial charge in [0, 0.05) is 41.8 Å². The van der Waals surface area contributed by atoms with Crippen molar-refractivity contribution in [2.45, 2.75) is 30.8 Å². The lowest BCUT2D eigenvalue weighted by Crippen LogP contribution is -2.19. The van der Waals surface area contributed by atoms with Gasteiger partial charge in [-0.3, -0.25) is 0 Å². The fraction of sp³-hybridized carbons (Fsp3) is 0.333. The van der Waals surface area contributed by atoms with Crippen LogP contribution in [0.25, 0.3) is 11.1 Å². The molecule has 33 heavy (non-hydrogen) atoms. The number of nitrogens with zero attached hydrogens (tertiary/aromatic N) is 2. The topological polar surface area (TPSA) is 109 Å². The van der Waals surface area contributed by atoms with Crippen molar-refractivity contribution in [3.63, 3.8) is 0 Å². The van der Waals surface area contributed by atoms with Crippen molar-refractivity contribution in [1.29, 1.82) is 4.78 Å². The Labute approximate surface area is 194 Å². The first-order chi connectivity index (χ1) is 15.9. The highest BCUT2D eigenvalue weighted by atomic mass is 32.2. The number of nitrogens with one attached hydrogen (secondary N) is 3. The van der Waals surface area contributed by atoms with Crippen LogP contribution in [0, 0.1) is 4.78 Å². The highest BCUT2D eigenvalue weighted by Gasteiger charge is 2.17. The van der Waals surface area contributed by atoms with Gasteiger partial charge in [-0.25, -0.2) is 14.0 Å². The molecule has 1 aromatic heterocycles. The van der Waals surface area contributed by atoms with E-state index in [1.807, 2.05) is 37.3 Å². The summed E-state index contributed by atoms with van der Waals surface area (Å²) in [5, 5.41) is 6.60. The van der Waals surface area contributed by atoms with E-state index in [1.54, 1.807) is 24.4 Å². The van der Waals surface area contributed by atoms with Gasteiger partial charge < -0.3 is 20.1 Å². The third kappa shape index (κ3) is 6.00. The Morgan fingerprint density at radius 3 is 2.76 bits per heavy atom.